The van der Waals surface area contributed by atoms with Crippen LogP contribution < -0.4 is 5.32 Å². The molecule has 16 heavy (non-hydrogen) atoms. The maximum absolute atomic E-state index is 11.4. The summed E-state index contributed by atoms with van der Waals surface area (Å²) in [6.45, 7) is 2.77. The summed E-state index contributed by atoms with van der Waals surface area (Å²) in [6.07, 6.45) is 7.04. The summed E-state index contributed by atoms with van der Waals surface area (Å²) in [5.41, 5.74) is 0.387. The molecule has 1 aliphatic carbocycles. The molecule has 0 aromatic heterocycles. The Balaban J connectivity index is 2.39. The molecule has 1 aliphatic rings. The lowest BCUT2D eigenvalue weighted by atomic mass is 9.82. The lowest BCUT2D eigenvalue weighted by molar-refractivity contribution is 0.262. The van der Waals surface area contributed by atoms with Crippen LogP contribution in [0.1, 0.15) is 45.4 Å². The van der Waals surface area contributed by atoms with Crippen LogP contribution in [0.25, 0.3) is 0 Å². The maximum Gasteiger partial charge on any atom is 0.150 e. The smallest absolute Gasteiger partial charge is 0.150 e. The van der Waals surface area contributed by atoms with Gasteiger partial charge in [-0.1, -0.05) is 19.8 Å². The van der Waals surface area contributed by atoms with E-state index in [2.05, 4.69) is 5.32 Å². The van der Waals surface area contributed by atoms with Gasteiger partial charge in [-0.3, -0.25) is 0 Å². The van der Waals surface area contributed by atoms with E-state index in [-0.39, 0.29) is 5.75 Å². The summed E-state index contributed by atoms with van der Waals surface area (Å²) >= 11 is 0. The van der Waals surface area contributed by atoms with Gasteiger partial charge >= 0.3 is 0 Å². The molecule has 1 saturated carbocycles. The van der Waals surface area contributed by atoms with E-state index in [0.29, 0.717) is 11.2 Å². The monoisotopic (exact) mass is 247 g/mol. The van der Waals surface area contributed by atoms with E-state index in [1.807, 2.05) is 7.05 Å². The van der Waals surface area contributed by atoms with Gasteiger partial charge in [0, 0.05) is 12.3 Å². The zero-order valence-corrected chi connectivity index (χ0v) is 11.4. The highest BCUT2D eigenvalue weighted by Crippen LogP contribution is 2.41. The quantitative estimate of drug-likeness (QED) is 0.748. The van der Waals surface area contributed by atoms with Crippen LogP contribution in [0.4, 0.5) is 0 Å². The van der Waals surface area contributed by atoms with Crippen LogP contribution >= 0.6 is 0 Å². The predicted octanol–water partition coefficient (Wildman–Crippen LogP) is 1.98. The predicted molar refractivity (Wildman–Crippen MR) is 68.4 cm³/mol. The van der Waals surface area contributed by atoms with E-state index in [0.717, 1.165) is 19.4 Å². The lowest BCUT2D eigenvalue weighted by Gasteiger charge is -2.28. The van der Waals surface area contributed by atoms with Crippen LogP contribution in [-0.2, 0) is 9.84 Å². The molecule has 1 N–H and O–H groups in total. The zero-order valence-electron chi connectivity index (χ0n) is 10.6. The summed E-state index contributed by atoms with van der Waals surface area (Å²) < 4.78 is 22.8. The van der Waals surface area contributed by atoms with Gasteiger partial charge in [-0.2, -0.15) is 0 Å². The fourth-order valence-electron chi connectivity index (χ4n) is 2.83. The largest absolute Gasteiger partial charge is 0.319 e. The van der Waals surface area contributed by atoms with Gasteiger partial charge in [0.05, 0.1) is 5.75 Å². The Kier molecular flexibility index (Phi) is 5.25. The third-order valence-electron chi connectivity index (χ3n) is 3.82. The fraction of sp³-hybridized carbons (Fsp3) is 1.00. The summed E-state index contributed by atoms with van der Waals surface area (Å²) in [6, 6.07) is 0. The minimum atomic E-state index is -2.77. The normalized spacial score (nSPS) is 20.1. The third kappa shape index (κ3) is 4.06. The van der Waals surface area contributed by atoms with Gasteiger partial charge in [0.1, 0.15) is 9.84 Å². The Morgan fingerprint density at radius 1 is 1.25 bits per heavy atom. The van der Waals surface area contributed by atoms with Gasteiger partial charge < -0.3 is 5.32 Å². The van der Waals surface area contributed by atoms with Crippen molar-refractivity contribution in [3.8, 4) is 0 Å². The van der Waals surface area contributed by atoms with Gasteiger partial charge in [0.2, 0.25) is 0 Å². The van der Waals surface area contributed by atoms with Crippen LogP contribution in [0.2, 0.25) is 0 Å². The van der Waals surface area contributed by atoms with Crippen molar-refractivity contribution in [2.24, 2.45) is 5.41 Å². The first-order valence-electron chi connectivity index (χ1n) is 6.39. The molecule has 0 heterocycles. The minimum Gasteiger partial charge on any atom is -0.319 e. The molecule has 0 aromatic rings. The molecule has 0 radical (unpaired) electrons. The SMILES string of the molecule is CCS(=O)(=O)CCCC1(CNC)CCCC1. The van der Waals surface area contributed by atoms with E-state index < -0.39 is 9.84 Å². The van der Waals surface area contributed by atoms with Crippen molar-refractivity contribution in [3.05, 3.63) is 0 Å². The van der Waals surface area contributed by atoms with Crippen LogP contribution in [0.5, 0.6) is 0 Å². The molecule has 0 bridgehead atoms. The molecule has 0 amide bonds. The lowest BCUT2D eigenvalue weighted by Crippen LogP contribution is -2.30. The first kappa shape index (κ1) is 14.0. The van der Waals surface area contributed by atoms with Crippen LogP contribution in [0.15, 0.2) is 0 Å². The summed E-state index contributed by atoms with van der Waals surface area (Å²) in [4.78, 5) is 0. The van der Waals surface area contributed by atoms with Crippen molar-refractivity contribution in [3.63, 3.8) is 0 Å². The number of sulfone groups is 1. The second-order valence-electron chi connectivity index (χ2n) is 5.08. The molecule has 96 valence electrons. The number of rotatable bonds is 7. The molecule has 0 spiro atoms. The second-order valence-corrected chi connectivity index (χ2v) is 7.55. The van der Waals surface area contributed by atoms with Gasteiger partial charge in [-0.15, -0.1) is 0 Å². The maximum atomic E-state index is 11.4. The second kappa shape index (κ2) is 6.01. The Bertz CT molecular complexity index is 292. The van der Waals surface area contributed by atoms with Crippen LogP contribution in [-0.4, -0.2) is 33.5 Å². The molecule has 0 atom stereocenters. The van der Waals surface area contributed by atoms with Crippen molar-refractivity contribution in [1.82, 2.24) is 5.32 Å². The minimum absolute atomic E-state index is 0.284. The van der Waals surface area contributed by atoms with E-state index in [1.54, 1.807) is 6.92 Å². The van der Waals surface area contributed by atoms with Gasteiger partial charge in [-0.25, -0.2) is 8.42 Å². The Labute approximate surface area is 99.9 Å². The molecule has 0 unspecified atom stereocenters. The van der Waals surface area contributed by atoms with Crippen molar-refractivity contribution in [2.45, 2.75) is 45.4 Å². The number of hydrogen-bond donors (Lipinski definition) is 1. The fourth-order valence-corrected chi connectivity index (χ4v) is 3.70. The van der Waals surface area contributed by atoms with Crippen molar-refractivity contribution >= 4 is 9.84 Å². The molecule has 1 rings (SSSR count). The Morgan fingerprint density at radius 3 is 2.38 bits per heavy atom. The highest BCUT2D eigenvalue weighted by atomic mass is 32.2. The third-order valence-corrected chi connectivity index (χ3v) is 5.61. The van der Waals surface area contributed by atoms with Crippen molar-refractivity contribution < 1.29 is 8.42 Å². The Hall–Kier alpha value is -0.0900. The molecular weight excluding hydrogens is 222 g/mol. The van der Waals surface area contributed by atoms with Gasteiger partial charge in [0.15, 0.2) is 0 Å². The molecule has 4 heteroatoms. The molecular formula is C12H25NO2S. The molecule has 0 aromatic carbocycles. The summed E-state index contributed by atoms with van der Waals surface area (Å²) in [5.74, 6) is 0.654. The highest BCUT2D eigenvalue weighted by molar-refractivity contribution is 7.91. The molecule has 1 fully saturated rings. The van der Waals surface area contributed by atoms with Crippen LogP contribution in [0, 0.1) is 5.41 Å². The van der Waals surface area contributed by atoms with E-state index in [9.17, 15) is 8.42 Å². The van der Waals surface area contributed by atoms with E-state index >= 15 is 0 Å². The zero-order chi connectivity index (χ0) is 12.1. The molecule has 0 aliphatic heterocycles. The highest BCUT2D eigenvalue weighted by Gasteiger charge is 2.32. The first-order valence-corrected chi connectivity index (χ1v) is 8.21. The summed E-state index contributed by atoms with van der Waals surface area (Å²) in [7, 11) is -0.784. The summed E-state index contributed by atoms with van der Waals surface area (Å²) in [5, 5.41) is 3.26. The average Bonchev–Trinajstić information content (AvgIpc) is 2.67. The number of hydrogen-bond acceptors (Lipinski definition) is 3. The topological polar surface area (TPSA) is 46.2 Å². The van der Waals surface area contributed by atoms with Gasteiger partial charge in [0.25, 0.3) is 0 Å². The Morgan fingerprint density at radius 2 is 1.88 bits per heavy atom. The standard InChI is InChI=1S/C12H25NO2S/c1-3-16(14,15)10-6-9-12(11-13-2)7-4-5-8-12/h13H,3-11H2,1-2H3. The molecule has 3 nitrogen and oxygen atoms in total. The molecule has 0 saturated heterocycles. The first-order chi connectivity index (χ1) is 7.54. The van der Waals surface area contributed by atoms with Gasteiger partial charge in [-0.05, 0) is 38.1 Å². The van der Waals surface area contributed by atoms with Crippen molar-refractivity contribution in [2.75, 3.05) is 25.1 Å². The number of nitrogens with one attached hydrogen (secondary N) is 1. The van der Waals surface area contributed by atoms with Crippen molar-refractivity contribution in [1.29, 1.82) is 0 Å². The van der Waals surface area contributed by atoms with Crippen LogP contribution in [0.3, 0.4) is 0 Å². The van der Waals surface area contributed by atoms with E-state index in [4.69, 9.17) is 0 Å². The average molecular weight is 247 g/mol. The van der Waals surface area contributed by atoms with E-state index in [1.165, 1.54) is 25.7 Å².